The molecule has 0 aromatic heterocycles. The number of carbonyl (C=O) groups is 1. The van der Waals surface area contributed by atoms with Crippen LogP contribution in [0.3, 0.4) is 0 Å². The molecule has 1 aliphatic heterocycles. The van der Waals surface area contributed by atoms with Gasteiger partial charge in [-0.05, 0) is 43.0 Å². The summed E-state index contributed by atoms with van der Waals surface area (Å²) in [5, 5.41) is 2.87. The highest BCUT2D eigenvalue weighted by Crippen LogP contribution is 2.24. The molecule has 1 aliphatic rings. The number of sulfone groups is 1. The van der Waals surface area contributed by atoms with E-state index in [1.54, 1.807) is 19.1 Å². The molecule has 1 saturated heterocycles. The quantitative estimate of drug-likeness (QED) is 0.914. The predicted molar refractivity (Wildman–Crippen MR) is 83.2 cm³/mol. The molecule has 1 aromatic carbocycles. The highest BCUT2D eigenvalue weighted by Gasteiger charge is 2.19. The van der Waals surface area contributed by atoms with E-state index in [0.717, 1.165) is 38.2 Å². The number of piperidine rings is 1. The minimum Gasteiger partial charge on any atom is -0.372 e. The van der Waals surface area contributed by atoms with Crippen LogP contribution < -0.4 is 10.2 Å². The van der Waals surface area contributed by atoms with E-state index >= 15 is 0 Å². The van der Waals surface area contributed by atoms with E-state index in [9.17, 15) is 13.2 Å². The zero-order valence-electron chi connectivity index (χ0n) is 12.5. The van der Waals surface area contributed by atoms with Gasteiger partial charge >= 0.3 is 0 Å². The lowest BCUT2D eigenvalue weighted by atomic mass is 9.96. The molecule has 21 heavy (non-hydrogen) atoms. The lowest BCUT2D eigenvalue weighted by Gasteiger charge is -2.33. The second kappa shape index (κ2) is 6.47. The van der Waals surface area contributed by atoms with Crippen LogP contribution in [0.15, 0.2) is 29.2 Å². The van der Waals surface area contributed by atoms with Crippen LogP contribution in [0.4, 0.5) is 5.69 Å². The maximum Gasteiger partial charge on any atom is 0.216 e. The number of nitrogens with zero attached hydrogens (tertiary/aromatic N) is 1. The van der Waals surface area contributed by atoms with Crippen LogP contribution in [-0.2, 0) is 14.6 Å². The normalized spacial score (nSPS) is 16.8. The summed E-state index contributed by atoms with van der Waals surface area (Å²) in [6.45, 7) is 4.15. The average molecular weight is 310 g/mol. The third-order valence-electron chi connectivity index (χ3n) is 3.88. The maximum atomic E-state index is 11.4. The van der Waals surface area contributed by atoms with Crippen molar-refractivity contribution in [1.29, 1.82) is 0 Å². The van der Waals surface area contributed by atoms with Crippen molar-refractivity contribution in [2.24, 2.45) is 5.92 Å². The van der Waals surface area contributed by atoms with E-state index in [0.29, 0.717) is 10.8 Å². The lowest BCUT2D eigenvalue weighted by molar-refractivity contribution is -0.119. The number of amides is 1. The van der Waals surface area contributed by atoms with Crippen LogP contribution in [0.1, 0.15) is 19.8 Å². The van der Waals surface area contributed by atoms with Gasteiger partial charge in [-0.15, -0.1) is 0 Å². The van der Waals surface area contributed by atoms with Crippen LogP contribution in [0.2, 0.25) is 0 Å². The van der Waals surface area contributed by atoms with Crippen molar-refractivity contribution in [3.63, 3.8) is 0 Å². The van der Waals surface area contributed by atoms with Gasteiger partial charge in [0.1, 0.15) is 0 Å². The monoisotopic (exact) mass is 310 g/mol. The maximum absolute atomic E-state index is 11.4. The van der Waals surface area contributed by atoms with Gasteiger partial charge < -0.3 is 10.2 Å². The minimum atomic E-state index is -3.13. The van der Waals surface area contributed by atoms with Crippen LogP contribution >= 0.6 is 0 Å². The third-order valence-corrected chi connectivity index (χ3v) is 5.01. The van der Waals surface area contributed by atoms with Crippen molar-refractivity contribution in [3.8, 4) is 0 Å². The molecular formula is C15H22N2O3S. The summed E-state index contributed by atoms with van der Waals surface area (Å²) in [7, 11) is -3.13. The number of hydrogen-bond acceptors (Lipinski definition) is 4. The molecule has 1 fully saturated rings. The van der Waals surface area contributed by atoms with Crippen molar-refractivity contribution in [3.05, 3.63) is 24.3 Å². The van der Waals surface area contributed by atoms with Gasteiger partial charge in [0.25, 0.3) is 0 Å². The zero-order chi connectivity index (χ0) is 15.5. The molecule has 0 saturated carbocycles. The molecule has 2 rings (SSSR count). The van der Waals surface area contributed by atoms with E-state index in [-0.39, 0.29) is 5.91 Å². The van der Waals surface area contributed by atoms with Crippen LogP contribution in [0, 0.1) is 5.92 Å². The van der Waals surface area contributed by atoms with E-state index in [2.05, 4.69) is 10.2 Å². The number of hydrogen-bond donors (Lipinski definition) is 1. The minimum absolute atomic E-state index is 0.0220. The fourth-order valence-electron chi connectivity index (χ4n) is 2.59. The molecule has 1 amide bonds. The molecule has 0 spiro atoms. The summed E-state index contributed by atoms with van der Waals surface area (Å²) in [4.78, 5) is 13.5. The van der Waals surface area contributed by atoms with Crippen LogP contribution in [0.25, 0.3) is 0 Å². The average Bonchev–Trinajstić information content (AvgIpc) is 2.45. The number of anilines is 1. The van der Waals surface area contributed by atoms with Gasteiger partial charge in [-0.3, -0.25) is 4.79 Å². The van der Waals surface area contributed by atoms with E-state index in [1.807, 2.05) is 12.1 Å². The molecule has 0 aliphatic carbocycles. The Morgan fingerprint density at radius 2 is 1.81 bits per heavy atom. The van der Waals surface area contributed by atoms with Gasteiger partial charge in [-0.25, -0.2) is 8.42 Å². The molecule has 1 heterocycles. The highest BCUT2D eigenvalue weighted by atomic mass is 32.2. The van der Waals surface area contributed by atoms with Crippen molar-refractivity contribution >= 4 is 21.4 Å². The van der Waals surface area contributed by atoms with Gasteiger partial charge in [0.15, 0.2) is 9.84 Å². The molecule has 6 heteroatoms. The standard InChI is InChI=1S/C15H22N2O3S/c1-12(18)16-11-13-7-9-17(10-8-13)14-3-5-15(6-4-14)21(2,19)20/h3-6,13H,7-11H2,1-2H3,(H,16,18). The van der Waals surface area contributed by atoms with E-state index in [4.69, 9.17) is 0 Å². The molecule has 0 radical (unpaired) electrons. The molecule has 0 unspecified atom stereocenters. The Labute approximate surface area is 126 Å². The van der Waals surface area contributed by atoms with E-state index < -0.39 is 9.84 Å². The summed E-state index contributed by atoms with van der Waals surface area (Å²) >= 11 is 0. The molecule has 116 valence electrons. The van der Waals surface area contributed by atoms with Crippen molar-refractivity contribution < 1.29 is 13.2 Å². The molecule has 0 bridgehead atoms. The Hall–Kier alpha value is -1.56. The first-order chi connectivity index (χ1) is 9.86. The number of carbonyl (C=O) groups excluding carboxylic acids is 1. The molecule has 0 atom stereocenters. The Bertz CT molecular complexity index is 588. The summed E-state index contributed by atoms with van der Waals surface area (Å²) < 4.78 is 22.9. The van der Waals surface area contributed by atoms with Gasteiger partial charge in [0.2, 0.25) is 5.91 Å². The molecule has 5 nitrogen and oxygen atoms in total. The van der Waals surface area contributed by atoms with Crippen LogP contribution in [0.5, 0.6) is 0 Å². The number of nitrogens with one attached hydrogen (secondary N) is 1. The second-order valence-electron chi connectivity index (χ2n) is 5.63. The van der Waals surface area contributed by atoms with Gasteiger partial charge in [-0.2, -0.15) is 0 Å². The smallest absolute Gasteiger partial charge is 0.216 e. The molecule has 1 N–H and O–H groups in total. The number of benzene rings is 1. The fourth-order valence-corrected chi connectivity index (χ4v) is 3.22. The first-order valence-electron chi connectivity index (χ1n) is 7.16. The fraction of sp³-hybridized carbons (Fsp3) is 0.533. The van der Waals surface area contributed by atoms with Crippen molar-refractivity contribution in [2.45, 2.75) is 24.7 Å². The zero-order valence-corrected chi connectivity index (χ0v) is 13.3. The lowest BCUT2D eigenvalue weighted by Crippen LogP contribution is -2.38. The summed E-state index contributed by atoms with van der Waals surface area (Å²) in [6, 6.07) is 7.05. The SMILES string of the molecule is CC(=O)NCC1CCN(c2ccc(S(C)(=O)=O)cc2)CC1. The summed E-state index contributed by atoms with van der Waals surface area (Å²) in [6.07, 6.45) is 3.29. The van der Waals surface area contributed by atoms with Crippen molar-refractivity contribution in [2.75, 3.05) is 30.8 Å². The highest BCUT2D eigenvalue weighted by molar-refractivity contribution is 7.90. The summed E-state index contributed by atoms with van der Waals surface area (Å²) in [5.41, 5.74) is 1.06. The second-order valence-corrected chi connectivity index (χ2v) is 7.65. The van der Waals surface area contributed by atoms with Crippen LogP contribution in [-0.4, -0.2) is 40.2 Å². The molecule has 1 aromatic rings. The Morgan fingerprint density at radius 3 is 2.29 bits per heavy atom. The Kier molecular flexibility index (Phi) is 4.88. The first-order valence-corrected chi connectivity index (χ1v) is 9.05. The Balaban J connectivity index is 1.92. The Morgan fingerprint density at radius 1 is 1.24 bits per heavy atom. The van der Waals surface area contributed by atoms with Gasteiger partial charge in [-0.1, -0.05) is 0 Å². The predicted octanol–water partition coefficient (Wildman–Crippen LogP) is 1.44. The van der Waals surface area contributed by atoms with E-state index in [1.165, 1.54) is 6.26 Å². The van der Waals surface area contributed by atoms with Gasteiger partial charge in [0, 0.05) is 38.5 Å². The summed E-state index contributed by atoms with van der Waals surface area (Å²) in [5.74, 6) is 0.550. The number of rotatable bonds is 4. The van der Waals surface area contributed by atoms with Crippen molar-refractivity contribution in [1.82, 2.24) is 5.32 Å². The first kappa shape index (κ1) is 15.8. The van der Waals surface area contributed by atoms with Gasteiger partial charge in [0.05, 0.1) is 4.90 Å². The third kappa shape index (κ3) is 4.46. The largest absolute Gasteiger partial charge is 0.372 e. The topological polar surface area (TPSA) is 66.5 Å². The molecular weight excluding hydrogens is 288 g/mol.